The van der Waals surface area contributed by atoms with Crippen LogP contribution >= 0.6 is 11.3 Å². The number of nitrogens with zero attached hydrogens (tertiary/aromatic N) is 1. The normalized spacial score (nSPS) is 18.9. The third-order valence-electron chi connectivity index (χ3n) is 3.73. The van der Waals surface area contributed by atoms with Crippen LogP contribution in [0, 0.1) is 0 Å². The van der Waals surface area contributed by atoms with Gasteiger partial charge in [0, 0.05) is 29.5 Å². The van der Waals surface area contributed by atoms with Crippen molar-refractivity contribution in [1.29, 1.82) is 0 Å². The Kier molecular flexibility index (Phi) is 2.73. The van der Waals surface area contributed by atoms with Crippen LogP contribution < -0.4 is 5.73 Å². The molecule has 1 aliphatic rings. The first kappa shape index (κ1) is 10.9. The van der Waals surface area contributed by atoms with Crippen LogP contribution in [0.25, 0.3) is 0 Å². The summed E-state index contributed by atoms with van der Waals surface area (Å²) in [6.07, 6.45) is 5.18. The number of rotatable bonds is 4. The maximum Gasteiger partial charge on any atom is 0.0940 e. The first-order chi connectivity index (χ1) is 8.31. The average Bonchev–Trinajstić information content (AvgIpc) is 3.04. The largest absolute Gasteiger partial charge is 0.327 e. The molecule has 0 spiro atoms. The molecule has 1 saturated carbocycles. The maximum atomic E-state index is 6.40. The van der Waals surface area contributed by atoms with Crippen LogP contribution in [0.3, 0.4) is 0 Å². The summed E-state index contributed by atoms with van der Waals surface area (Å²) in [6, 6.07) is 10.9. The van der Waals surface area contributed by atoms with Gasteiger partial charge in [-0.3, -0.25) is 0 Å². The van der Waals surface area contributed by atoms with Crippen LogP contribution in [0.15, 0.2) is 41.9 Å². The Hall–Kier alpha value is -1.19. The Labute approximate surface area is 106 Å². The highest BCUT2D eigenvalue weighted by atomic mass is 32.1. The second-order valence-electron chi connectivity index (χ2n) is 4.76. The summed E-state index contributed by atoms with van der Waals surface area (Å²) in [5, 5.41) is 3.17. The van der Waals surface area contributed by atoms with Gasteiger partial charge in [-0.1, -0.05) is 30.3 Å². The van der Waals surface area contributed by atoms with E-state index < -0.39 is 0 Å². The molecule has 1 aromatic carbocycles. The quantitative estimate of drug-likeness (QED) is 0.898. The lowest BCUT2D eigenvalue weighted by Gasteiger charge is -2.23. The molecule has 1 fully saturated rings. The minimum absolute atomic E-state index is 0.191. The van der Waals surface area contributed by atoms with Gasteiger partial charge in [0.1, 0.15) is 0 Å². The molecule has 88 valence electrons. The number of nitrogens with two attached hydrogens (primary N) is 1. The molecule has 0 amide bonds. The lowest BCUT2D eigenvalue weighted by atomic mass is 9.87. The molecule has 0 bridgehead atoms. The molecule has 2 nitrogen and oxygen atoms in total. The average molecular weight is 244 g/mol. The molecule has 3 rings (SSSR count). The Morgan fingerprint density at radius 1 is 1.29 bits per heavy atom. The van der Waals surface area contributed by atoms with Gasteiger partial charge in [0.2, 0.25) is 0 Å². The molecule has 1 unspecified atom stereocenters. The highest BCUT2D eigenvalue weighted by Gasteiger charge is 2.49. The third kappa shape index (κ3) is 2.01. The summed E-state index contributed by atoms with van der Waals surface area (Å²) in [4.78, 5) is 4.33. The van der Waals surface area contributed by atoms with E-state index in [9.17, 15) is 0 Å². The molecule has 0 aliphatic heterocycles. The molecule has 0 saturated heterocycles. The Morgan fingerprint density at radius 3 is 2.65 bits per heavy atom. The van der Waals surface area contributed by atoms with Gasteiger partial charge in [0.25, 0.3) is 0 Å². The number of thiazole rings is 1. The highest BCUT2D eigenvalue weighted by molar-refractivity contribution is 7.09. The van der Waals surface area contributed by atoms with Gasteiger partial charge in [0.15, 0.2) is 0 Å². The molecular weight excluding hydrogens is 228 g/mol. The second kappa shape index (κ2) is 4.24. The van der Waals surface area contributed by atoms with Crippen molar-refractivity contribution in [2.75, 3.05) is 0 Å². The topological polar surface area (TPSA) is 38.9 Å². The minimum atomic E-state index is 0.191. The molecule has 0 radical (unpaired) electrons. The first-order valence-corrected chi connectivity index (χ1v) is 6.89. The molecule has 17 heavy (non-hydrogen) atoms. The van der Waals surface area contributed by atoms with E-state index in [1.807, 2.05) is 11.6 Å². The van der Waals surface area contributed by atoms with Gasteiger partial charge in [-0.25, -0.2) is 4.98 Å². The molecule has 1 atom stereocenters. The fourth-order valence-electron chi connectivity index (χ4n) is 2.52. The molecule has 1 aromatic heterocycles. The van der Waals surface area contributed by atoms with Crippen LogP contribution in [0.4, 0.5) is 0 Å². The van der Waals surface area contributed by atoms with E-state index in [0.29, 0.717) is 0 Å². The van der Waals surface area contributed by atoms with Gasteiger partial charge in [-0.05, 0) is 18.4 Å². The van der Waals surface area contributed by atoms with Crippen molar-refractivity contribution < 1.29 is 0 Å². The SMILES string of the molecule is NC(Cc1nccs1)C1(c2ccccc2)CC1. The van der Waals surface area contributed by atoms with Crippen molar-refractivity contribution in [2.45, 2.75) is 30.7 Å². The Morgan fingerprint density at radius 2 is 2.06 bits per heavy atom. The van der Waals surface area contributed by atoms with Crippen molar-refractivity contribution in [3.8, 4) is 0 Å². The van der Waals surface area contributed by atoms with Gasteiger partial charge in [0.05, 0.1) is 5.01 Å². The van der Waals surface area contributed by atoms with E-state index in [0.717, 1.165) is 11.4 Å². The maximum absolute atomic E-state index is 6.40. The summed E-state index contributed by atoms with van der Waals surface area (Å²) in [6.45, 7) is 0. The van der Waals surface area contributed by atoms with E-state index in [4.69, 9.17) is 5.73 Å². The van der Waals surface area contributed by atoms with Crippen molar-refractivity contribution in [1.82, 2.24) is 4.98 Å². The van der Waals surface area contributed by atoms with Gasteiger partial charge in [-0.15, -0.1) is 11.3 Å². The fraction of sp³-hybridized carbons (Fsp3) is 0.357. The minimum Gasteiger partial charge on any atom is -0.327 e. The highest BCUT2D eigenvalue weighted by Crippen LogP contribution is 2.50. The zero-order valence-corrected chi connectivity index (χ0v) is 10.5. The van der Waals surface area contributed by atoms with Gasteiger partial charge >= 0.3 is 0 Å². The zero-order chi connectivity index (χ0) is 11.7. The van der Waals surface area contributed by atoms with Gasteiger partial charge in [-0.2, -0.15) is 0 Å². The molecule has 2 N–H and O–H groups in total. The van der Waals surface area contributed by atoms with Crippen LogP contribution in [-0.4, -0.2) is 11.0 Å². The molecule has 2 aromatic rings. The van der Waals surface area contributed by atoms with E-state index in [-0.39, 0.29) is 11.5 Å². The van der Waals surface area contributed by atoms with Crippen LogP contribution in [0.2, 0.25) is 0 Å². The summed E-state index contributed by atoms with van der Waals surface area (Å²) in [7, 11) is 0. The Bertz CT molecular complexity index is 474. The van der Waals surface area contributed by atoms with Crippen molar-refractivity contribution in [2.24, 2.45) is 5.73 Å². The molecule has 1 heterocycles. The predicted octanol–water partition coefficient (Wildman–Crippen LogP) is 2.74. The third-order valence-corrected chi connectivity index (χ3v) is 4.53. The smallest absolute Gasteiger partial charge is 0.0940 e. The van der Waals surface area contributed by atoms with E-state index >= 15 is 0 Å². The second-order valence-corrected chi connectivity index (χ2v) is 5.74. The number of hydrogen-bond acceptors (Lipinski definition) is 3. The van der Waals surface area contributed by atoms with E-state index in [2.05, 4.69) is 35.3 Å². The lowest BCUT2D eigenvalue weighted by Crippen LogP contribution is -2.36. The van der Waals surface area contributed by atoms with E-state index in [1.165, 1.54) is 18.4 Å². The van der Waals surface area contributed by atoms with Crippen LogP contribution in [0.1, 0.15) is 23.4 Å². The number of benzene rings is 1. The molecular formula is C14H16N2S. The van der Waals surface area contributed by atoms with Crippen LogP contribution in [-0.2, 0) is 11.8 Å². The van der Waals surface area contributed by atoms with Gasteiger partial charge < -0.3 is 5.73 Å². The van der Waals surface area contributed by atoms with Crippen molar-refractivity contribution in [3.63, 3.8) is 0 Å². The van der Waals surface area contributed by atoms with Crippen molar-refractivity contribution in [3.05, 3.63) is 52.5 Å². The Balaban J connectivity index is 1.80. The molecule has 1 aliphatic carbocycles. The van der Waals surface area contributed by atoms with Crippen molar-refractivity contribution >= 4 is 11.3 Å². The summed E-state index contributed by atoms with van der Waals surface area (Å²) in [5.41, 5.74) is 8.01. The summed E-state index contributed by atoms with van der Waals surface area (Å²) < 4.78 is 0. The van der Waals surface area contributed by atoms with Crippen LogP contribution in [0.5, 0.6) is 0 Å². The zero-order valence-electron chi connectivity index (χ0n) is 9.67. The number of aromatic nitrogens is 1. The summed E-state index contributed by atoms with van der Waals surface area (Å²) in [5.74, 6) is 0. The summed E-state index contributed by atoms with van der Waals surface area (Å²) >= 11 is 1.70. The lowest BCUT2D eigenvalue weighted by molar-refractivity contribution is 0.513. The first-order valence-electron chi connectivity index (χ1n) is 6.01. The standard InChI is InChI=1S/C14H16N2S/c15-12(10-13-16-8-9-17-13)14(6-7-14)11-4-2-1-3-5-11/h1-5,8-9,12H,6-7,10,15H2. The number of hydrogen-bond donors (Lipinski definition) is 1. The predicted molar refractivity (Wildman–Crippen MR) is 71.1 cm³/mol. The monoisotopic (exact) mass is 244 g/mol. The van der Waals surface area contributed by atoms with E-state index in [1.54, 1.807) is 11.3 Å². The fourth-order valence-corrected chi connectivity index (χ4v) is 3.19. The molecule has 3 heteroatoms.